The molecule has 0 aliphatic carbocycles. The molecule has 3 rings (SSSR count). The Morgan fingerprint density at radius 3 is 3.05 bits per heavy atom. The highest BCUT2D eigenvalue weighted by molar-refractivity contribution is 5.94. The summed E-state index contributed by atoms with van der Waals surface area (Å²) in [5, 5.41) is 0. The number of likely N-dealkylation sites (tertiary alicyclic amines) is 1. The highest BCUT2D eigenvalue weighted by Gasteiger charge is 2.28. The molecular formula is C16H20N4O2. The van der Waals surface area contributed by atoms with Gasteiger partial charge in [-0.2, -0.15) is 0 Å². The Morgan fingerprint density at radius 2 is 2.27 bits per heavy atom. The van der Waals surface area contributed by atoms with Gasteiger partial charge in [-0.05, 0) is 43.9 Å². The zero-order valence-electron chi connectivity index (χ0n) is 12.7. The van der Waals surface area contributed by atoms with Gasteiger partial charge < -0.3 is 10.6 Å². The van der Waals surface area contributed by atoms with Crippen LogP contribution in [0, 0.1) is 6.92 Å². The van der Waals surface area contributed by atoms with Gasteiger partial charge in [0.1, 0.15) is 11.2 Å². The van der Waals surface area contributed by atoms with Crippen LogP contribution in [0.2, 0.25) is 0 Å². The van der Waals surface area contributed by atoms with E-state index in [1.165, 1.54) is 10.6 Å². The normalized spacial score (nSPS) is 18.6. The van der Waals surface area contributed by atoms with Crippen molar-refractivity contribution in [3.63, 3.8) is 0 Å². The van der Waals surface area contributed by atoms with Crippen molar-refractivity contribution in [2.24, 2.45) is 5.73 Å². The van der Waals surface area contributed by atoms with Crippen LogP contribution in [0.3, 0.4) is 0 Å². The van der Waals surface area contributed by atoms with E-state index in [9.17, 15) is 9.59 Å². The number of nitrogens with two attached hydrogens (primary N) is 1. The summed E-state index contributed by atoms with van der Waals surface area (Å²) in [6.07, 6.45) is 5.96. The molecule has 3 heterocycles. The molecule has 2 aromatic rings. The van der Waals surface area contributed by atoms with Gasteiger partial charge in [-0.1, -0.05) is 0 Å². The number of carbonyl (C=O) groups excluding carboxylic acids is 1. The minimum Gasteiger partial charge on any atom is -0.334 e. The number of aryl methyl sites for hydroxylation is 1. The fourth-order valence-electron chi connectivity index (χ4n) is 2.99. The van der Waals surface area contributed by atoms with Crippen LogP contribution in [-0.4, -0.2) is 39.3 Å². The van der Waals surface area contributed by atoms with Crippen LogP contribution in [0.25, 0.3) is 5.65 Å². The summed E-state index contributed by atoms with van der Waals surface area (Å²) >= 11 is 0. The lowest BCUT2D eigenvalue weighted by molar-refractivity contribution is 0.0621. The van der Waals surface area contributed by atoms with Crippen molar-refractivity contribution in [1.82, 2.24) is 14.3 Å². The first-order chi connectivity index (χ1) is 10.6. The van der Waals surface area contributed by atoms with Gasteiger partial charge in [0.25, 0.3) is 11.5 Å². The highest BCUT2D eigenvalue weighted by Crippen LogP contribution is 2.18. The SMILES string of the molecule is Cc1ccn2c(=O)c(C(=O)N3CCCCC3CN)cnc2c1. The van der Waals surface area contributed by atoms with Crippen LogP contribution in [0.4, 0.5) is 0 Å². The van der Waals surface area contributed by atoms with Gasteiger partial charge in [0.2, 0.25) is 0 Å². The summed E-state index contributed by atoms with van der Waals surface area (Å²) in [5.41, 5.74) is 7.12. The molecule has 6 nitrogen and oxygen atoms in total. The lowest BCUT2D eigenvalue weighted by atomic mass is 10.0. The number of nitrogens with zero attached hydrogens (tertiary/aromatic N) is 3. The average molecular weight is 300 g/mol. The third-order valence-electron chi connectivity index (χ3n) is 4.26. The van der Waals surface area contributed by atoms with Gasteiger partial charge in [-0.3, -0.25) is 14.0 Å². The second kappa shape index (κ2) is 5.88. The smallest absolute Gasteiger partial charge is 0.270 e. The molecule has 1 aliphatic heterocycles. The second-order valence-corrected chi connectivity index (χ2v) is 5.79. The fourth-order valence-corrected chi connectivity index (χ4v) is 2.99. The third kappa shape index (κ3) is 2.50. The van der Waals surface area contributed by atoms with Crippen molar-refractivity contribution >= 4 is 11.6 Å². The van der Waals surface area contributed by atoms with Crippen molar-refractivity contribution in [2.75, 3.05) is 13.1 Å². The molecule has 0 saturated carbocycles. The topological polar surface area (TPSA) is 80.7 Å². The number of rotatable bonds is 2. The standard InChI is InChI=1S/C16H20N4O2/c1-11-5-7-20-14(8-11)18-10-13(16(20)22)15(21)19-6-3-2-4-12(19)9-17/h5,7-8,10,12H,2-4,6,9,17H2,1H3. The van der Waals surface area contributed by atoms with Gasteiger partial charge in [-0.15, -0.1) is 0 Å². The van der Waals surface area contributed by atoms with Crippen LogP contribution in [-0.2, 0) is 0 Å². The monoisotopic (exact) mass is 300 g/mol. The number of hydrogen-bond acceptors (Lipinski definition) is 4. The van der Waals surface area contributed by atoms with E-state index in [1.807, 2.05) is 19.1 Å². The van der Waals surface area contributed by atoms with Crippen molar-refractivity contribution < 1.29 is 4.79 Å². The fraction of sp³-hybridized carbons (Fsp3) is 0.438. The Hall–Kier alpha value is -2.21. The molecule has 22 heavy (non-hydrogen) atoms. The lowest BCUT2D eigenvalue weighted by Crippen LogP contribution is -2.48. The van der Waals surface area contributed by atoms with E-state index in [4.69, 9.17) is 5.73 Å². The Morgan fingerprint density at radius 1 is 1.45 bits per heavy atom. The Balaban J connectivity index is 2.02. The molecule has 6 heteroatoms. The van der Waals surface area contributed by atoms with Crippen LogP contribution in [0.1, 0.15) is 35.2 Å². The number of aromatic nitrogens is 2. The van der Waals surface area contributed by atoms with Gasteiger partial charge in [0, 0.05) is 31.5 Å². The average Bonchev–Trinajstić information content (AvgIpc) is 2.54. The summed E-state index contributed by atoms with van der Waals surface area (Å²) in [6, 6.07) is 3.66. The molecular weight excluding hydrogens is 280 g/mol. The van der Waals surface area contributed by atoms with E-state index in [0.29, 0.717) is 18.7 Å². The Bertz CT molecular complexity index is 768. The van der Waals surface area contributed by atoms with Gasteiger partial charge in [0.05, 0.1) is 0 Å². The van der Waals surface area contributed by atoms with Crippen molar-refractivity contribution in [3.8, 4) is 0 Å². The first-order valence-corrected chi connectivity index (χ1v) is 7.61. The summed E-state index contributed by atoms with van der Waals surface area (Å²) in [7, 11) is 0. The van der Waals surface area contributed by atoms with Crippen molar-refractivity contribution in [2.45, 2.75) is 32.2 Å². The number of fused-ring (bicyclic) bond motifs is 1. The maximum Gasteiger partial charge on any atom is 0.270 e. The zero-order chi connectivity index (χ0) is 15.7. The lowest BCUT2D eigenvalue weighted by Gasteiger charge is -2.34. The van der Waals surface area contributed by atoms with E-state index in [-0.39, 0.29) is 23.1 Å². The Labute approximate surface area is 128 Å². The van der Waals surface area contributed by atoms with Crippen LogP contribution in [0.15, 0.2) is 29.3 Å². The summed E-state index contributed by atoms with van der Waals surface area (Å²) in [5.74, 6) is -0.261. The predicted molar refractivity (Wildman–Crippen MR) is 83.9 cm³/mol. The maximum absolute atomic E-state index is 12.7. The highest BCUT2D eigenvalue weighted by atomic mass is 16.2. The Kier molecular flexibility index (Phi) is 3.94. The summed E-state index contributed by atoms with van der Waals surface area (Å²) < 4.78 is 1.42. The molecule has 0 spiro atoms. The number of carbonyl (C=O) groups is 1. The van der Waals surface area contributed by atoms with Crippen molar-refractivity contribution in [1.29, 1.82) is 0 Å². The molecule has 1 aliphatic rings. The maximum atomic E-state index is 12.7. The third-order valence-corrected chi connectivity index (χ3v) is 4.26. The van der Waals surface area contributed by atoms with Crippen LogP contribution >= 0.6 is 0 Å². The van der Waals surface area contributed by atoms with Crippen LogP contribution < -0.4 is 11.3 Å². The van der Waals surface area contributed by atoms with Gasteiger partial charge in [-0.25, -0.2) is 4.98 Å². The largest absolute Gasteiger partial charge is 0.334 e. The van der Waals surface area contributed by atoms with E-state index < -0.39 is 0 Å². The molecule has 0 radical (unpaired) electrons. The van der Waals surface area contributed by atoms with Gasteiger partial charge in [0.15, 0.2) is 0 Å². The molecule has 1 unspecified atom stereocenters. The molecule has 1 fully saturated rings. The molecule has 2 aromatic heterocycles. The number of pyridine rings is 1. The number of hydrogen-bond donors (Lipinski definition) is 1. The second-order valence-electron chi connectivity index (χ2n) is 5.79. The predicted octanol–water partition coefficient (Wildman–Crippen LogP) is 0.956. The molecule has 0 bridgehead atoms. The summed E-state index contributed by atoms with van der Waals surface area (Å²) in [4.78, 5) is 31.3. The van der Waals surface area contributed by atoms with E-state index >= 15 is 0 Å². The first kappa shape index (κ1) is 14.7. The zero-order valence-corrected chi connectivity index (χ0v) is 12.7. The summed E-state index contributed by atoms with van der Waals surface area (Å²) in [6.45, 7) is 3.01. The van der Waals surface area contributed by atoms with Crippen molar-refractivity contribution in [3.05, 3.63) is 46.0 Å². The molecule has 116 valence electrons. The van der Waals surface area contributed by atoms with E-state index in [2.05, 4.69) is 4.98 Å². The van der Waals surface area contributed by atoms with Crippen LogP contribution in [0.5, 0.6) is 0 Å². The van der Waals surface area contributed by atoms with E-state index in [1.54, 1.807) is 11.1 Å². The quantitative estimate of drug-likeness (QED) is 0.895. The molecule has 0 aromatic carbocycles. The first-order valence-electron chi connectivity index (χ1n) is 7.61. The number of piperidine rings is 1. The molecule has 1 saturated heterocycles. The molecule has 1 amide bonds. The number of amides is 1. The molecule has 2 N–H and O–H groups in total. The minimum atomic E-state index is -0.323. The molecule has 1 atom stereocenters. The van der Waals surface area contributed by atoms with Gasteiger partial charge >= 0.3 is 0 Å². The minimum absolute atomic E-state index is 0.0133. The van der Waals surface area contributed by atoms with E-state index in [0.717, 1.165) is 24.8 Å².